The van der Waals surface area contributed by atoms with Crippen LogP contribution in [0.3, 0.4) is 0 Å². The Hall–Kier alpha value is -2.09. The van der Waals surface area contributed by atoms with Crippen molar-refractivity contribution in [2.75, 3.05) is 19.7 Å². The summed E-state index contributed by atoms with van der Waals surface area (Å²) in [4.78, 5) is 14.2. The minimum Gasteiger partial charge on any atom is -0.493 e. The topological polar surface area (TPSA) is 53.3 Å². The number of rotatable bonds is 5. The Bertz CT molecular complexity index is 534. The van der Waals surface area contributed by atoms with Crippen molar-refractivity contribution < 1.29 is 13.9 Å². The van der Waals surface area contributed by atoms with Gasteiger partial charge in [-0.15, -0.1) is 0 Å². The minimum absolute atomic E-state index is 0.104. The van der Waals surface area contributed by atoms with Gasteiger partial charge in [-0.3, -0.25) is 4.79 Å². The third-order valence-electron chi connectivity index (χ3n) is 3.84. The summed E-state index contributed by atoms with van der Waals surface area (Å²) in [6, 6.07) is 7.92. The van der Waals surface area contributed by atoms with Crippen LogP contribution in [-0.4, -0.2) is 30.5 Å². The molecule has 0 spiro atoms. The highest BCUT2D eigenvalue weighted by molar-refractivity contribution is 5.81. The molecule has 0 bridgehead atoms. The highest BCUT2D eigenvalue weighted by Crippen LogP contribution is 2.16. The second-order valence-corrected chi connectivity index (χ2v) is 5.52. The molecule has 0 radical (unpaired) electrons. The van der Waals surface area contributed by atoms with Gasteiger partial charge in [-0.1, -0.05) is 18.9 Å². The molecular formula is C17H21FN2O2. The zero-order valence-electron chi connectivity index (χ0n) is 12.6. The predicted octanol–water partition coefficient (Wildman–Crippen LogP) is 3.14. The molecule has 1 aromatic carbocycles. The number of nitriles is 1. The SMILES string of the molecule is N#CC(CCOc1cccc(F)c1)C(=O)N1CCCCCC1. The average Bonchev–Trinajstić information content (AvgIpc) is 2.80. The Balaban J connectivity index is 1.83. The highest BCUT2D eigenvalue weighted by Gasteiger charge is 2.24. The second kappa shape index (κ2) is 8.38. The van der Waals surface area contributed by atoms with Gasteiger partial charge in [0.25, 0.3) is 0 Å². The van der Waals surface area contributed by atoms with E-state index in [4.69, 9.17) is 4.74 Å². The zero-order chi connectivity index (χ0) is 15.8. The normalized spacial score (nSPS) is 16.5. The Kier molecular flexibility index (Phi) is 6.20. The van der Waals surface area contributed by atoms with Gasteiger partial charge in [0.1, 0.15) is 17.5 Å². The molecule has 2 rings (SSSR count). The lowest BCUT2D eigenvalue weighted by Crippen LogP contribution is -2.37. The standard InChI is InChI=1S/C17H21FN2O2/c18-15-6-5-7-16(12-15)22-11-8-14(13-19)17(21)20-9-3-1-2-4-10-20/h5-7,12,14H,1-4,8-11H2. The third kappa shape index (κ3) is 4.73. The molecule has 1 aliphatic heterocycles. The maximum atomic E-state index is 13.0. The quantitative estimate of drug-likeness (QED) is 0.839. The molecule has 1 atom stereocenters. The number of carbonyl (C=O) groups is 1. The Morgan fingerprint density at radius 1 is 1.32 bits per heavy atom. The molecule has 1 unspecified atom stereocenters. The number of likely N-dealkylation sites (tertiary alicyclic amines) is 1. The molecule has 1 aromatic rings. The number of ether oxygens (including phenoxy) is 1. The zero-order valence-corrected chi connectivity index (χ0v) is 12.6. The van der Waals surface area contributed by atoms with E-state index in [0.29, 0.717) is 12.2 Å². The molecule has 118 valence electrons. The van der Waals surface area contributed by atoms with Gasteiger partial charge in [0.15, 0.2) is 0 Å². The first-order chi connectivity index (χ1) is 10.7. The first kappa shape index (κ1) is 16.3. The summed E-state index contributed by atoms with van der Waals surface area (Å²) in [6.45, 7) is 1.70. The van der Waals surface area contributed by atoms with Crippen LogP contribution in [0.15, 0.2) is 24.3 Å². The van der Waals surface area contributed by atoms with Gasteiger partial charge in [0.2, 0.25) is 5.91 Å². The summed E-state index contributed by atoms with van der Waals surface area (Å²) in [6.07, 6.45) is 4.61. The fraction of sp³-hybridized carbons (Fsp3) is 0.529. The largest absolute Gasteiger partial charge is 0.493 e. The van der Waals surface area contributed by atoms with Crippen LogP contribution in [0.1, 0.15) is 32.1 Å². The Labute approximate surface area is 130 Å². The molecule has 22 heavy (non-hydrogen) atoms. The number of hydrogen-bond donors (Lipinski definition) is 0. The van der Waals surface area contributed by atoms with Crippen LogP contribution in [0.2, 0.25) is 0 Å². The molecule has 0 aliphatic carbocycles. The van der Waals surface area contributed by atoms with Crippen molar-refractivity contribution in [2.24, 2.45) is 5.92 Å². The molecule has 5 heteroatoms. The summed E-state index contributed by atoms with van der Waals surface area (Å²) < 4.78 is 18.5. The number of benzene rings is 1. The lowest BCUT2D eigenvalue weighted by Gasteiger charge is -2.22. The maximum Gasteiger partial charge on any atom is 0.240 e. The van der Waals surface area contributed by atoms with E-state index in [2.05, 4.69) is 6.07 Å². The molecular weight excluding hydrogens is 283 g/mol. The van der Waals surface area contributed by atoms with E-state index in [1.54, 1.807) is 17.0 Å². The monoisotopic (exact) mass is 304 g/mol. The van der Waals surface area contributed by atoms with Crippen molar-refractivity contribution in [1.29, 1.82) is 5.26 Å². The molecule has 0 saturated carbocycles. The Morgan fingerprint density at radius 3 is 2.68 bits per heavy atom. The third-order valence-corrected chi connectivity index (χ3v) is 3.84. The van der Waals surface area contributed by atoms with E-state index in [1.165, 1.54) is 12.1 Å². The fourth-order valence-electron chi connectivity index (χ4n) is 2.61. The number of halogens is 1. The van der Waals surface area contributed by atoms with Crippen molar-refractivity contribution in [2.45, 2.75) is 32.1 Å². The van der Waals surface area contributed by atoms with Gasteiger partial charge in [-0.05, 0) is 25.0 Å². The van der Waals surface area contributed by atoms with E-state index in [9.17, 15) is 14.4 Å². The molecule has 0 N–H and O–H groups in total. The summed E-state index contributed by atoms with van der Waals surface area (Å²) in [5.41, 5.74) is 0. The van der Waals surface area contributed by atoms with Crippen molar-refractivity contribution in [3.8, 4) is 11.8 Å². The van der Waals surface area contributed by atoms with Crippen molar-refractivity contribution in [3.05, 3.63) is 30.1 Å². The van der Waals surface area contributed by atoms with Crippen LogP contribution in [0, 0.1) is 23.1 Å². The number of carbonyl (C=O) groups excluding carboxylic acids is 1. The van der Waals surface area contributed by atoms with Crippen LogP contribution in [0.5, 0.6) is 5.75 Å². The van der Waals surface area contributed by atoms with Crippen molar-refractivity contribution in [3.63, 3.8) is 0 Å². The highest BCUT2D eigenvalue weighted by atomic mass is 19.1. The van der Waals surface area contributed by atoms with E-state index in [-0.39, 0.29) is 18.3 Å². The van der Waals surface area contributed by atoms with Gasteiger partial charge < -0.3 is 9.64 Å². The van der Waals surface area contributed by atoms with Crippen LogP contribution >= 0.6 is 0 Å². The van der Waals surface area contributed by atoms with Crippen LogP contribution in [-0.2, 0) is 4.79 Å². The predicted molar refractivity (Wildman–Crippen MR) is 80.7 cm³/mol. The Morgan fingerprint density at radius 2 is 2.05 bits per heavy atom. The maximum absolute atomic E-state index is 13.0. The van der Waals surface area contributed by atoms with Gasteiger partial charge in [-0.25, -0.2) is 4.39 Å². The van der Waals surface area contributed by atoms with Crippen LogP contribution < -0.4 is 4.74 Å². The van der Waals surface area contributed by atoms with Crippen LogP contribution in [0.4, 0.5) is 4.39 Å². The molecule has 4 nitrogen and oxygen atoms in total. The molecule has 1 aliphatic rings. The number of amides is 1. The minimum atomic E-state index is -0.688. The van der Waals surface area contributed by atoms with Gasteiger partial charge in [0, 0.05) is 25.6 Å². The van der Waals surface area contributed by atoms with Crippen molar-refractivity contribution >= 4 is 5.91 Å². The smallest absolute Gasteiger partial charge is 0.240 e. The lowest BCUT2D eigenvalue weighted by molar-refractivity contribution is -0.134. The molecule has 1 heterocycles. The molecule has 1 amide bonds. The number of nitrogens with zero attached hydrogens (tertiary/aromatic N) is 2. The summed E-state index contributed by atoms with van der Waals surface area (Å²) in [7, 11) is 0. The van der Waals surface area contributed by atoms with E-state index in [0.717, 1.165) is 38.8 Å². The van der Waals surface area contributed by atoms with Crippen LogP contribution in [0.25, 0.3) is 0 Å². The van der Waals surface area contributed by atoms with Crippen molar-refractivity contribution in [1.82, 2.24) is 4.90 Å². The average molecular weight is 304 g/mol. The fourth-order valence-corrected chi connectivity index (χ4v) is 2.61. The first-order valence-electron chi connectivity index (χ1n) is 7.77. The van der Waals surface area contributed by atoms with E-state index < -0.39 is 5.92 Å². The number of hydrogen-bond acceptors (Lipinski definition) is 3. The molecule has 0 aromatic heterocycles. The molecule has 1 fully saturated rings. The summed E-state index contributed by atoms with van der Waals surface area (Å²) >= 11 is 0. The van der Waals surface area contributed by atoms with Gasteiger partial charge >= 0.3 is 0 Å². The first-order valence-corrected chi connectivity index (χ1v) is 7.77. The van der Waals surface area contributed by atoms with E-state index >= 15 is 0 Å². The van der Waals surface area contributed by atoms with Gasteiger partial charge in [-0.2, -0.15) is 5.26 Å². The summed E-state index contributed by atoms with van der Waals surface area (Å²) in [5.74, 6) is -0.743. The van der Waals surface area contributed by atoms with E-state index in [1.807, 2.05) is 0 Å². The second-order valence-electron chi connectivity index (χ2n) is 5.52. The molecule has 1 saturated heterocycles. The lowest BCUT2D eigenvalue weighted by atomic mass is 10.1. The summed E-state index contributed by atoms with van der Waals surface area (Å²) in [5, 5.41) is 9.23. The van der Waals surface area contributed by atoms with Gasteiger partial charge in [0.05, 0.1) is 12.7 Å².